The minimum absolute atomic E-state index is 0.0534. The minimum Gasteiger partial charge on any atom is -0.493 e. The lowest BCUT2D eigenvalue weighted by atomic mass is 10.0. The normalized spacial score (nSPS) is 15.9. The molecule has 1 aliphatic carbocycles. The molecule has 1 atom stereocenters. The fraction of sp³-hybridized carbons (Fsp3) is 0.286. The lowest BCUT2D eigenvalue weighted by Crippen LogP contribution is -2.33. The predicted octanol–water partition coefficient (Wildman–Crippen LogP) is 2.53. The maximum Gasteiger partial charge on any atom is 0.330 e. The van der Waals surface area contributed by atoms with Crippen molar-refractivity contribution in [3.05, 3.63) is 59.2 Å². The van der Waals surface area contributed by atoms with Gasteiger partial charge in [0.15, 0.2) is 6.04 Å². The van der Waals surface area contributed by atoms with Crippen LogP contribution in [0.4, 0.5) is 5.69 Å². The van der Waals surface area contributed by atoms with E-state index < -0.39 is 17.9 Å². The number of carboxylic acid groups (broad SMARTS) is 1. The first-order valence-corrected chi connectivity index (χ1v) is 9.21. The molecule has 7 heteroatoms. The Hall–Kier alpha value is -3.35. The number of nitrogens with one attached hydrogen (secondary N) is 2. The number of benzene rings is 2. The lowest BCUT2D eigenvalue weighted by Gasteiger charge is -2.16. The van der Waals surface area contributed by atoms with Crippen molar-refractivity contribution < 1.29 is 24.2 Å². The lowest BCUT2D eigenvalue weighted by molar-refractivity contribution is -0.139. The van der Waals surface area contributed by atoms with E-state index in [0.29, 0.717) is 24.3 Å². The molecule has 3 N–H and O–H groups in total. The SMILES string of the molecule is O=C(NC(C(=O)O)c1ccc2c(c1)CCO2)c1cccc(NC(=O)C2CC2)c1. The summed E-state index contributed by atoms with van der Waals surface area (Å²) in [5.41, 5.74) is 2.22. The number of carboxylic acids is 1. The van der Waals surface area contributed by atoms with Gasteiger partial charge < -0.3 is 20.5 Å². The van der Waals surface area contributed by atoms with E-state index in [1.165, 1.54) is 0 Å². The quantitative estimate of drug-likeness (QED) is 0.714. The van der Waals surface area contributed by atoms with Crippen molar-refractivity contribution in [3.8, 4) is 5.75 Å². The molecule has 0 saturated heterocycles. The van der Waals surface area contributed by atoms with E-state index in [0.717, 1.165) is 24.2 Å². The second-order valence-electron chi connectivity index (χ2n) is 7.05. The summed E-state index contributed by atoms with van der Waals surface area (Å²) < 4.78 is 5.44. The molecule has 2 amide bonds. The van der Waals surface area contributed by atoms with Crippen LogP contribution in [0.15, 0.2) is 42.5 Å². The summed E-state index contributed by atoms with van der Waals surface area (Å²) in [5.74, 6) is -0.922. The molecule has 7 nitrogen and oxygen atoms in total. The van der Waals surface area contributed by atoms with E-state index in [1.54, 1.807) is 42.5 Å². The highest BCUT2D eigenvalue weighted by Crippen LogP contribution is 2.30. The van der Waals surface area contributed by atoms with Crippen LogP contribution in [-0.4, -0.2) is 29.5 Å². The first-order valence-electron chi connectivity index (χ1n) is 9.21. The number of hydrogen-bond donors (Lipinski definition) is 3. The van der Waals surface area contributed by atoms with Gasteiger partial charge in [-0.1, -0.05) is 12.1 Å². The largest absolute Gasteiger partial charge is 0.493 e. The van der Waals surface area contributed by atoms with Gasteiger partial charge in [-0.3, -0.25) is 9.59 Å². The molecule has 0 spiro atoms. The highest BCUT2D eigenvalue weighted by Gasteiger charge is 2.30. The van der Waals surface area contributed by atoms with Gasteiger partial charge in [0.25, 0.3) is 5.91 Å². The van der Waals surface area contributed by atoms with E-state index in [4.69, 9.17) is 4.74 Å². The van der Waals surface area contributed by atoms with Crippen molar-refractivity contribution >= 4 is 23.5 Å². The standard InChI is InChI=1S/C21H20N2O5/c24-19(12-4-5-12)22-16-3-1-2-15(11-16)20(25)23-18(21(26)27)14-6-7-17-13(10-14)8-9-28-17/h1-3,6-7,10-12,18H,4-5,8-9H2,(H,22,24)(H,23,25)(H,26,27). The zero-order valence-corrected chi connectivity index (χ0v) is 15.1. The summed E-state index contributed by atoms with van der Waals surface area (Å²) in [6.07, 6.45) is 2.49. The molecular weight excluding hydrogens is 360 g/mol. The van der Waals surface area contributed by atoms with E-state index in [1.807, 2.05) is 0 Å². The summed E-state index contributed by atoms with van der Waals surface area (Å²) in [7, 11) is 0. The topological polar surface area (TPSA) is 105 Å². The summed E-state index contributed by atoms with van der Waals surface area (Å²) >= 11 is 0. The first kappa shape index (κ1) is 18.0. The number of rotatable bonds is 6. The van der Waals surface area contributed by atoms with Gasteiger partial charge in [0.2, 0.25) is 5.91 Å². The molecule has 0 aromatic heterocycles. The van der Waals surface area contributed by atoms with E-state index >= 15 is 0 Å². The zero-order chi connectivity index (χ0) is 19.7. The number of amides is 2. The van der Waals surface area contributed by atoms with Crippen LogP contribution in [0, 0.1) is 5.92 Å². The van der Waals surface area contributed by atoms with Crippen molar-refractivity contribution in [2.75, 3.05) is 11.9 Å². The second-order valence-corrected chi connectivity index (χ2v) is 7.05. The molecule has 1 heterocycles. The van der Waals surface area contributed by atoms with Gasteiger partial charge in [-0.15, -0.1) is 0 Å². The van der Waals surface area contributed by atoms with Gasteiger partial charge in [0.1, 0.15) is 5.75 Å². The number of carbonyl (C=O) groups is 3. The Bertz CT molecular complexity index is 952. The van der Waals surface area contributed by atoms with Gasteiger partial charge in [-0.05, 0) is 54.3 Å². The van der Waals surface area contributed by atoms with E-state index in [-0.39, 0.29) is 17.4 Å². The summed E-state index contributed by atoms with van der Waals surface area (Å²) in [6, 6.07) is 10.4. The van der Waals surface area contributed by atoms with Crippen molar-refractivity contribution in [2.45, 2.75) is 25.3 Å². The summed E-state index contributed by atoms with van der Waals surface area (Å²) in [5, 5.41) is 15.0. The number of ether oxygens (including phenoxy) is 1. The van der Waals surface area contributed by atoms with Gasteiger partial charge in [-0.25, -0.2) is 4.79 Å². The molecule has 0 radical (unpaired) electrons. The number of aliphatic carboxylic acids is 1. The summed E-state index contributed by atoms with van der Waals surface area (Å²) in [4.78, 5) is 36.3. The Morgan fingerprint density at radius 2 is 1.93 bits per heavy atom. The van der Waals surface area contributed by atoms with Crippen LogP contribution >= 0.6 is 0 Å². The molecule has 1 aliphatic heterocycles. The van der Waals surface area contributed by atoms with Gasteiger partial charge in [0.05, 0.1) is 6.61 Å². The molecule has 1 unspecified atom stereocenters. The van der Waals surface area contributed by atoms with Crippen LogP contribution in [0.2, 0.25) is 0 Å². The third-order valence-electron chi connectivity index (χ3n) is 4.91. The number of fused-ring (bicyclic) bond motifs is 1. The highest BCUT2D eigenvalue weighted by atomic mass is 16.5. The molecule has 28 heavy (non-hydrogen) atoms. The maximum atomic E-state index is 12.6. The molecule has 2 aliphatic rings. The van der Waals surface area contributed by atoms with Crippen LogP contribution in [0.5, 0.6) is 5.75 Å². The minimum atomic E-state index is -1.18. The van der Waals surface area contributed by atoms with Gasteiger partial charge in [0, 0.05) is 23.6 Å². The van der Waals surface area contributed by atoms with Crippen LogP contribution < -0.4 is 15.4 Å². The Morgan fingerprint density at radius 1 is 1.11 bits per heavy atom. The summed E-state index contributed by atoms with van der Waals surface area (Å²) in [6.45, 7) is 0.572. The van der Waals surface area contributed by atoms with Crippen LogP contribution in [0.1, 0.15) is 40.4 Å². The number of hydrogen-bond acceptors (Lipinski definition) is 4. The third kappa shape index (κ3) is 3.83. The average molecular weight is 380 g/mol. The molecule has 2 aromatic carbocycles. The Labute approximate surface area is 161 Å². The fourth-order valence-corrected chi connectivity index (χ4v) is 3.22. The number of anilines is 1. The smallest absolute Gasteiger partial charge is 0.330 e. The van der Waals surface area contributed by atoms with Crippen molar-refractivity contribution in [1.29, 1.82) is 0 Å². The molecule has 0 bridgehead atoms. The highest BCUT2D eigenvalue weighted by molar-refractivity contribution is 5.99. The van der Waals surface area contributed by atoms with E-state index in [9.17, 15) is 19.5 Å². The van der Waals surface area contributed by atoms with Crippen LogP contribution in [-0.2, 0) is 16.0 Å². The molecule has 2 aromatic rings. The van der Waals surface area contributed by atoms with Crippen LogP contribution in [0.25, 0.3) is 0 Å². The average Bonchev–Trinajstić information content (AvgIpc) is 3.43. The van der Waals surface area contributed by atoms with E-state index in [2.05, 4.69) is 10.6 Å². The van der Waals surface area contributed by atoms with Crippen molar-refractivity contribution in [3.63, 3.8) is 0 Å². The van der Waals surface area contributed by atoms with Crippen molar-refractivity contribution in [2.24, 2.45) is 5.92 Å². The van der Waals surface area contributed by atoms with Gasteiger partial charge >= 0.3 is 5.97 Å². The van der Waals surface area contributed by atoms with Crippen molar-refractivity contribution in [1.82, 2.24) is 5.32 Å². The molecule has 1 fully saturated rings. The maximum absolute atomic E-state index is 12.6. The molecule has 1 saturated carbocycles. The second kappa shape index (κ2) is 7.34. The molecule has 144 valence electrons. The number of carbonyl (C=O) groups excluding carboxylic acids is 2. The Morgan fingerprint density at radius 3 is 2.68 bits per heavy atom. The Kier molecular flexibility index (Phi) is 4.73. The fourth-order valence-electron chi connectivity index (χ4n) is 3.22. The Balaban J connectivity index is 1.50. The monoisotopic (exact) mass is 380 g/mol. The predicted molar refractivity (Wildman–Crippen MR) is 101 cm³/mol. The van der Waals surface area contributed by atoms with Crippen LogP contribution in [0.3, 0.4) is 0 Å². The zero-order valence-electron chi connectivity index (χ0n) is 15.1. The van der Waals surface area contributed by atoms with Gasteiger partial charge in [-0.2, -0.15) is 0 Å². The molecule has 4 rings (SSSR count). The first-order chi connectivity index (χ1) is 13.5. The third-order valence-corrected chi connectivity index (χ3v) is 4.91. The molecular formula is C21H20N2O5.